The predicted octanol–water partition coefficient (Wildman–Crippen LogP) is 4.61. The third kappa shape index (κ3) is 6.36. The van der Waals surface area contributed by atoms with E-state index in [4.69, 9.17) is 16.3 Å². The smallest absolute Gasteiger partial charge is 0.412 e. The van der Waals surface area contributed by atoms with Crippen LogP contribution in [0.3, 0.4) is 0 Å². The third-order valence-corrected chi connectivity index (χ3v) is 7.52. The number of piperidine rings is 1. The minimum absolute atomic E-state index is 0.0403. The quantitative estimate of drug-likeness (QED) is 0.369. The molecule has 14 heteroatoms. The third-order valence-electron chi connectivity index (χ3n) is 7.23. The van der Waals surface area contributed by atoms with Crippen molar-refractivity contribution >= 4 is 47.0 Å². The molecule has 0 bridgehead atoms. The molecule has 1 saturated heterocycles. The van der Waals surface area contributed by atoms with Crippen molar-refractivity contribution in [3.8, 4) is 0 Å². The monoisotopic (exact) mass is 613 g/mol. The maximum absolute atomic E-state index is 15.3. The number of carbonyl (C=O) groups excluding carboxylic acids is 4. The summed E-state index contributed by atoms with van der Waals surface area (Å²) < 4.78 is 39.1. The highest BCUT2D eigenvalue weighted by Gasteiger charge is 2.49. The standard InChI is InChI=1S/C29H26ClF2N5O6/c1-42-27(40)34-18-6-3-16(4-7-18)25(38)35-22(13-19-8-5-17(31)14-33-19)26(39)37-12-2-11-29(15-37)23-21(36-28(41)43-29)10-9-20(30)24(23)32/h3-10,14,22H,2,11-13,15H2,1H3,(H,34,40)(H,35,38)(H,36,41)/t22?,29-/m0/s1. The number of pyridine rings is 1. The van der Waals surface area contributed by atoms with Gasteiger partial charge in [-0.15, -0.1) is 0 Å². The summed E-state index contributed by atoms with van der Waals surface area (Å²) in [6.07, 6.45) is 0.0200. The second-order valence-electron chi connectivity index (χ2n) is 10.0. The number of hydrogen-bond acceptors (Lipinski definition) is 7. The van der Waals surface area contributed by atoms with Gasteiger partial charge in [0, 0.05) is 29.9 Å². The fourth-order valence-electron chi connectivity index (χ4n) is 5.23. The van der Waals surface area contributed by atoms with Crippen LogP contribution in [0.25, 0.3) is 0 Å². The second kappa shape index (κ2) is 12.2. The van der Waals surface area contributed by atoms with Gasteiger partial charge in [-0.05, 0) is 61.4 Å². The first-order valence-corrected chi connectivity index (χ1v) is 13.6. The number of nitrogens with zero attached hydrogens (tertiary/aromatic N) is 2. The molecule has 2 aliphatic rings. The molecule has 0 aliphatic carbocycles. The Labute approximate surface area is 249 Å². The molecule has 43 heavy (non-hydrogen) atoms. The molecule has 224 valence electrons. The lowest BCUT2D eigenvalue weighted by Crippen LogP contribution is -2.58. The zero-order chi connectivity index (χ0) is 30.7. The van der Waals surface area contributed by atoms with E-state index in [2.05, 4.69) is 25.7 Å². The molecule has 1 spiro atoms. The van der Waals surface area contributed by atoms with Crippen molar-refractivity contribution in [3.05, 3.63) is 88.2 Å². The first-order chi connectivity index (χ1) is 20.6. The molecular weight excluding hydrogens is 588 g/mol. The fourth-order valence-corrected chi connectivity index (χ4v) is 5.39. The van der Waals surface area contributed by atoms with Gasteiger partial charge in [-0.1, -0.05) is 11.6 Å². The number of halogens is 3. The van der Waals surface area contributed by atoms with Gasteiger partial charge in [-0.2, -0.15) is 0 Å². The van der Waals surface area contributed by atoms with Crippen LogP contribution in [0.1, 0.15) is 34.5 Å². The Morgan fingerprint density at radius 2 is 1.93 bits per heavy atom. The number of aromatic nitrogens is 1. The molecule has 1 unspecified atom stereocenters. The molecule has 2 aromatic carbocycles. The molecule has 2 atom stereocenters. The number of benzene rings is 2. The summed E-state index contributed by atoms with van der Waals surface area (Å²) in [6, 6.07) is 10.1. The van der Waals surface area contributed by atoms with Crippen molar-refractivity contribution in [1.29, 1.82) is 0 Å². The number of likely N-dealkylation sites (tertiary alicyclic amines) is 1. The van der Waals surface area contributed by atoms with Crippen LogP contribution >= 0.6 is 11.6 Å². The van der Waals surface area contributed by atoms with Crippen LogP contribution in [0, 0.1) is 11.6 Å². The Morgan fingerprint density at radius 1 is 1.16 bits per heavy atom. The number of fused-ring (bicyclic) bond motifs is 2. The van der Waals surface area contributed by atoms with E-state index in [1.807, 2.05) is 0 Å². The maximum atomic E-state index is 15.3. The molecule has 0 saturated carbocycles. The predicted molar refractivity (Wildman–Crippen MR) is 151 cm³/mol. The molecule has 3 aromatic rings. The van der Waals surface area contributed by atoms with Gasteiger partial charge in [0.15, 0.2) is 11.4 Å². The summed E-state index contributed by atoms with van der Waals surface area (Å²) in [5, 5.41) is 7.50. The molecule has 5 rings (SSSR count). The van der Waals surface area contributed by atoms with Gasteiger partial charge in [-0.25, -0.2) is 18.4 Å². The number of anilines is 2. The lowest BCUT2D eigenvalue weighted by atomic mass is 9.82. The maximum Gasteiger partial charge on any atom is 0.412 e. The summed E-state index contributed by atoms with van der Waals surface area (Å²) in [5.41, 5.74) is -0.369. The first-order valence-electron chi connectivity index (χ1n) is 13.2. The lowest BCUT2D eigenvalue weighted by molar-refractivity contribution is -0.141. The zero-order valence-electron chi connectivity index (χ0n) is 22.8. The molecule has 4 amide bonds. The van der Waals surface area contributed by atoms with Gasteiger partial charge in [0.2, 0.25) is 5.91 Å². The molecule has 0 radical (unpaired) electrons. The van der Waals surface area contributed by atoms with Crippen molar-refractivity contribution in [1.82, 2.24) is 15.2 Å². The van der Waals surface area contributed by atoms with Crippen molar-refractivity contribution in [2.24, 2.45) is 0 Å². The van der Waals surface area contributed by atoms with Crippen LogP contribution in [-0.2, 0) is 26.3 Å². The Balaban J connectivity index is 1.41. The summed E-state index contributed by atoms with van der Waals surface area (Å²) >= 11 is 6.06. The number of nitrogens with one attached hydrogen (secondary N) is 3. The van der Waals surface area contributed by atoms with E-state index in [9.17, 15) is 23.6 Å². The van der Waals surface area contributed by atoms with E-state index in [1.54, 1.807) is 0 Å². The number of rotatable bonds is 6. The van der Waals surface area contributed by atoms with E-state index >= 15 is 4.39 Å². The molecule has 2 aliphatic heterocycles. The summed E-state index contributed by atoms with van der Waals surface area (Å²) in [5.74, 6) is -2.48. The van der Waals surface area contributed by atoms with Gasteiger partial charge in [0.25, 0.3) is 5.91 Å². The molecule has 3 heterocycles. The van der Waals surface area contributed by atoms with E-state index < -0.39 is 47.3 Å². The Morgan fingerprint density at radius 3 is 2.63 bits per heavy atom. The average molecular weight is 614 g/mol. The van der Waals surface area contributed by atoms with E-state index in [1.165, 1.54) is 60.5 Å². The minimum Gasteiger partial charge on any atom is -0.453 e. The highest BCUT2D eigenvalue weighted by atomic mass is 35.5. The summed E-state index contributed by atoms with van der Waals surface area (Å²) in [6.45, 7) is 0.0425. The number of ether oxygens (including phenoxy) is 2. The molecular formula is C29H26ClF2N5O6. The summed E-state index contributed by atoms with van der Waals surface area (Å²) in [4.78, 5) is 56.6. The first kappa shape index (κ1) is 29.7. The summed E-state index contributed by atoms with van der Waals surface area (Å²) in [7, 11) is 1.22. The Kier molecular flexibility index (Phi) is 8.44. The highest BCUT2D eigenvalue weighted by Crippen LogP contribution is 2.45. The van der Waals surface area contributed by atoms with Crippen LogP contribution in [0.2, 0.25) is 5.02 Å². The van der Waals surface area contributed by atoms with Crippen LogP contribution in [0.5, 0.6) is 0 Å². The largest absolute Gasteiger partial charge is 0.453 e. The van der Waals surface area contributed by atoms with Crippen LogP contribution in [0.4, 0.5) is 29.7 Å². The Hall–Kier alpha value is -4.78. The van der Waals surface area contributed by atoms with Gasteiger partial charge < -0.3 is 19.7 Å². The van der Waals surface area contributed by atoms with Crippen molar-refractivity contribution in [2.45, 2.75) is 30.9 Å². The number of amides is 4. The van der Waals surface area contributed by atoms with Gasteiger partial charge in [0.05, 0.1) is 36.1 Å². The normalized spacial score (nSPS) is 18.1. The highest BCUT2D eigenvalue weighted by molar-refractivity contribution is 6.31. The minimum atomic E-state index is -1.51. The van der Waals surface area contributed by atoms with Crippen LogP contribution < -0.4 is 16.0 Å². The van der Waals surface area contributed by atoms with Gasteiger partial charge in [-0.3, -0.25) is 25.2 Å². The molecule has 1 aromatic heterocycles. The van der Waals surface area contributed by atoms with E-state index in [0.717, 1.165) is 6.20 Å². The average Bonchev–Trinajstić information content (AvgIpc) is 2.99. The Bertz CT molecular complexity index is 1570. The lowest BCUT2D eigenvalue weighted by Gasteiger charge is -2.45. The van der Waals surface area contributed by atoms with Crippen molar-refractivity contribution in [3.63, 3.8) is 0 Å². The number of methoxy groups -OCH3 is 1. The zero-order valence-corrected chi connectivity index (χ0v) is 23.5. The van der Waals surface area contributed by atoms with Crippen molar-refractivity contribution in [2.75, 3.05) is 30.8 Å². The molecule has 11 nitrogen and oxygen atoms in total. The van der Waals surface area contributed by atoms with E-state index in [-0.39, 0.29) is 47.8 Å². The number of carbonyl (C=O) groups is 4. The fraction of sp³-hybridized carbons (Fsp3) is 0.276. The van der Waals surface area contributed by atoms with E-state index in [0.29, 0.717) is 17.8 Å². The van der Waals surface area contributed by atoms with Gasteiger partial charge >= 0.3 is 12.2 Å². The SMILES string of the molecule is COC(=O)Nc1ccc(C(=O)NC(Cc2ccc(F)cn2)C(=O)N2CCC[C@@]3(C2)OC(=O)Nc2ccc(Cl)c(F)c23)cc1. The van der Waals surface area contributed by atoms with Gasteiger partial charge in [0.1, 0.15) is 11.9 Å². The van der Waals surface area contributed by atoms with Crippen LogP contribution in [-0.4, -0.2) is 60.1 Å². The van der Waals surface area contributed by atoms with Crippen LogP contribution in [0.15, 0.2) is 54.7 Å². The van der Waals surface area contributed by atoms with Crippen molar-refractivity contribution < 1.29 is 37.4 Å². The number of hydrogen-bond donors (Lipinski definition) is 3. The molecule has 1 fully saturated rings. The topological polar surface area (TPSA) is 139 Å². The molecule has 3 N–H and O–H groups in total. The second-order valence-corrected chi connectivity index (χ2v) is 10.5.